The molecule has 2 aliphatic rings. The molecule has 0 radical (unpaired) electrons. The average Bonchev–Trinajstić information content (AvgIpc) is 3.35. The van der Waals surface area contributed by atoms with Gasteiger partial charge in [0.2, 0.25) is 0 Å². The summed E-state index contributed by atoms with van der Waals surface area (Å²) in [7, 11) is 1.80. The second-order valence-electron chi connectivity index (χ2n) is 7.70. The van der Waals surface area contributed by atoms with Crippen molar-refractivity contribution in [2.75, 3.05) is 66.3 Å². The lowest BCUT2D eigenvalue weighted by molar-refractivity contribution is 0.0177. The molecule has 2 unspecified atom stereocenters. The van der Waals surface area contributed by atoms with Crippen molar-refractivity contribution in [3.63, 3.8) is 0 Å². The van der Waals surface area contributed by atoms with Gasteiger partial charge in [-0.25, -0.2) is 0 Å². The molecular formula is C20H34N4O3S. The predicted octanol–water partition coefficient (Wildman–Crippen LogP) is 1.38. The number of aryl methyl sites for hydroxylation is 1. The maximum Gasteiger partial charge on any atom is 0.191 e. The molecule has 0 saturated carbocycles. The highest BCUT2D eigenvalue weighted by atomic mass is 32.1. The number of nitrogens with one attached hydrogen (secondary N) is 2. The molecule has 2 atom stereocenters. The molecule has 3 rings (SSSR count). The number of rotatable bonds is 8. The molecule has 0 amide bonds. The summed E-state index contributed by atoms with van der Waals surface area (Å²) < 4.78 is 11.1. The lowest BCUT2D eigenvalue weighted by atomic mass is 9.84. The minimum absolute atomic E-state index is 0.000837. The Bertz CT molecular complexity index is 625. The van der Waals surface area contributed by atoms with Crippen LogP contribution in [0, 0.1) is 12.3 Å². The fourth-order valence-corrected chi connectivity index (χ4v) is 4.94. The average molecular weight is 411 g/mol. The fourth-order valence-electron chi connectivity index (χ4n) is 3.93. The molecule has 28 heavy (non-hydrogen) atoms. The number of hydrogen-bond donors (Lipinski definition) is 3. The minimum atomic E-state index is 0.000837. The largest absolute Gasteiger partial charge is 0.396 e. The molecule has 2 saturated heterocycles. The highest BCUT2D eigenvalue weighted by Crippen LogP contribution is 2.31. The number of aliphatic hydroxyl groups is 1. The highest BCUT2D eigenvalue weighted by molar-refractivity contribution is 7.12. The van der Waals surface area contributed by atoms with Crippen LogP contribution in [0.5, 0.6) is 0 Å². The van der Waals surface area contributed by atoms with Crippen molar-refractivity contribution in [1.82, 2.24) is 15.5 Å². The topological polar surface area (TPSA) is 78.4 Å². The lowest BCUT2D eigenvalue weighted by Gasteiger charge is -2.34. The van der Waals surface area contributed by atoms with Crippen LogP contribution < -0.4 is 10.6 Å². The Balaban J connectivity index is 1.59. The van der Waals surface area contributed by atoms with Crippen molar-refractivity contribution >= 4 is 17.3 Å². The van der Waals surface area contributed by atoms with E-state index in [0.717, 1.165) is 64.8 Å². The summed E-state index contributed by atoms with van der Waals surface area (Å²) in [5.41, 5.74) is 0.000837. The third-order valence-electron chi connectivity index (χ3n) is 5.72. The number of aliphatic hydroxyl groups excluding tert-OH is 1. The van der Waals surface area contributed by atoms with E-state index in [2.05, 4.69) is 39.6 Å². The van der Waals surface area contributed by atoms with Crippen molar-refractivity contribution in [3.05, 3.63) is 21.9 Å². The Morgan fingerprint density at radius 3 is 2.71 bits per heavy atom. The second-order valence-corrected chi connectivity index (χ2v) is 9.01. The third-order valence-corrected chi connectivity index (χ3v) is 6.82. The molecule has 0 aliphatic carbocycles. The summed E-state index contributed by atoms with van der Waals surface area (Å²) in [4.78, 5) is 9.61. The van der Waals surface area contributed by atoms with Gasteiger partial charge in [0.15, 0.2) is 5.96 Å². The smallest absolute Gasteiger partial charge is 0.191 e. The quantitative estimate of drug-likeness (QED) is 0.444. The molecule has 3 N–H and O–H groups in total. The standard InChI is InChI=1S/C20H34N4O3S/c1-16-3-4-18(28-16)17(24-7-11-26-12-8-24)13-22-19(21-2)23-14-20(5-9-25)6-10-27-15-20/h3-4,17,25H,5-15H2,1-2H3,(H2,21,22,23). The number of hydrogen-bond acceptors (Lipinski definition) is 6. The number of nitrogens with zero attached hydrogens (tertiary/aromatic N) is 2. The van der Waals surface area contributed by atoms with Gasteiger partial charge in [0.05, 0.1) is 25.9 Å². The van der Waals surface area contributed by atoms with Crippen molar-refractivity contribution in [2.45, 2.75) is 25.8 Å². The predicted molar refractivity (Wildman–Crippen MR) is 113 cm³/mol. The van der Waals surface area contributed by atoms with Crippen LogP contribution >= 0.6 is 11.3 Å². The summed E-state index contributed by atoms with van der Waals surface area (Å²) in [5.74, 6) is 0.802. The van der Waals surface area contributed by atoms with Gasteiger partial charge in [-0.2, -0.15) is 0 Å². The molecular weight excluding hydrogens is 376 g/mol. The summed E-state index contributed by atoms with van der Waals surface area (Å²) in [6, 6.07) is 4.74. The van der Waals surface area contributed by atoms with Gasteiger partial charge in [-0.05, 0) is 31.9 Å². The number of thiophene rings is 1. The third kappa shape index (κ3) is 5.67. The van der Waals surface area contributed by atoms with E-state index in [-0.39, 0.29) is 12.0 Å². The van der Waals surface area contributed by atoms with Gasteiger partial charge in [-0.15, -0.1) is 11.3 Å². The van der Waals surface area contributed by atoms with Crippen molar-refractivity contribution < 1.29 is 14.6 Å². The Morgan fingerprint density at radius 1 is 1.29 bits per heavy atom. The van der Waals surface area contributed by atoms with E-state index in [0.29, 0.717) is 12.6 Å². The van der Waals surface area contributed by atoms with Crippen molar-refractivity contribution in [2.24, 2.45) is 10.4 Å². The van der Waals surface area contributed by atoms with Gasteiger partial charge in [0.25, 0.3) is 0 Å². The van der Waals surface area contributed by atoms with Crippen LogP contribution in [0.4, 0.5) is 0 Å². The molecule has 1 aromatic rings. The molecule has 7 nitrogen and oxygen atoms in total. The molecule has 0 spiro atoms. The Hall–Kier alpha value is -1.19. The molecule has 158 valence electrons. The molecule has 2 aliphatic heterocycles. The number of morpholine rings is 1. The lowest BCUT2D eigenvalue weighted by Crippen LogP contribution is -2.48. The monoisotopic (exact) mass is 410 g/mol. The normalized spacial score (nSPS) is 25.0. The van der Waals surface area contributed by atoms with Gasteiger partial charge >= 0.3 is 0 Å². The van der Waals surface area contributed by atoms with Crippen LogP contribution in [-0.4, -0.2) is 82.2 Å². The van der Waals surface area contributed by atoms with Gasteiger partial charge in [0.1, 0.15) is 0 Å². The summed E-state index contributed by atoms with van der Waals surface area (Å²) in [6.07, 6.45) is 1.73. The molecule has 2 fully saturated rings. The van der Waals surface area contributed by atoms with Crippen LogP contribution in [0.1, 0.15) is 28.6 Å². The maximum absolute atomic E-state index is 9.42. The van der Waals surface area contributed by atoms with Gasteiger partial charge < -0.3 is 25.2 Å². The minimum Gasteiger partial charge on any atom is -0.396 e. The van der Waals surface area contributed by atoms with E-state index in [1.807, 2.05) is 11.3 Å². The van der Waals surface area contributed by atoms with Crippen LogP contribution in [0.2, 0.25) is 0 Å². The summed E-state index contributed by atoms with van der Waals surface area (Å²) in [6.45, 7) is 8.84. The summed E-state index contributed by atoms with van der Waals surface area (Å²) in [5, 5.41) is 16.4. The van der Waals surface area contributed by atoms with Crippen LogP contribution in [-0.2, 0) is 9.47 Å². The maximum atomic E-state index is 9.42. The Morgan fingerprint density at radius 2 is 2.11 bits per heavy atom. The summed E-state index contributed by atoms with van der Waals surface area (Å²) >= 11 is 1.86. The first-order valence-electron chi connectivity index (χ1n) is 10.2. The first kappa shape index (κ1) is 21.5. The van der Waals surface area contributed by atoms with E-state index in [4.69, 9.17) is 9.47 Å². The van der Waals surface area contributed by atoms with E-state index >= 15 is 0 Å². The molecule has 0 bridgehead atoms. The van der Waals surface area contributed by atoms with Gasteiger partial charge in [0, 0.05) is 61.6 Å². The highest BCUT2D eigenvalue weighted by Gasteiger charge is 2.34. The van der Waals surface area contributed by atoms with Gasteiger partial charge in [-0.1, -0.05) is 0 Å². The molecule has 1 aromatic heterocycles. The Labute approximate surface area is 172 Å². The molecule has 8 heteroatoms. The van der Waals surface area contributed by atoms with E-state index in [1.165, 1.54) is 9.75 Å². The van der Waals surface area contributed by atoms with E-state index < -0.39 is 0 Å². The molecule has 0 aromatic carbocycles. The first-order chi connectivity index (χ1) is 13.7. The zero-order valence-corrected chi connectivity index (χ0v) is 17.9. The SMILES string of the molecule is CN=C(NCC(c1ccc(C)s1)N1CCOCC1)NCC1(CCO)CCOC1. The van der Waals surface area contributed by atoms with Gasteiger partial charge in [-0.3, -0.25) is 9.89 Å². The first-order valence-corrected chi connectivity index (χ1v) is 11.0. The Kier molecular flexibility index (Phi) is 8.11. The zero-order chi connectivity index (χ0) is 19.8. The number of ether oxygens (including phenoxy) is 2. The fraction of sp³-hybridized carbons (Fsp3) is 0.750. The van der Waals surface area contributed by atoms with E-state index in [9.17, 15) is 5.11 Å². The number of aliphatic imine (C=N–C) groups is 1. The van der Waals surface area contributed by atoms with Crippen molar-refractivity contribution in [3.8, 4) is 0 Å². The molecule has 3 heterocycles. The van der Waals surface area contributed by atoms with Crippen LogP contribution in [0.15, 0.2) is 17.1 Å². The van der Waals surface area contributed by atoms with Crippen LogP contribution in [0.25, 0.3) is 0 Å². The van der Waals surface area contributed by atoms with Crippen LogP contribution in [0.3, 0.4) is 0 Å². The number of guanidine groups is 1. The van der Waals surface area contributed by atoms with Crippen molar-refractivity contribution in [1.29, 1.82) is 0 Å². The second kappa shape index (κ2) is 10.5. The van der Waals surface area contributed by atoms with E-state index in [1.54, 1.807) is 7.05 Å². The zero-order valence-electron chi connectivity index (χ0n) is 17.1.